The standard InChI is InChI=1S/C22H14F3NO/c23-22(24,25)26(21(27)16-11-17-7-3-1-4-8-17)20-14-12-19(13-15-20)18-9-5-2-6-10-18/h1-10,12-15H. The van der Waals surface area contributed by atoms with E-state index in [1.165, 1.54) is 12.1 Å². The van der Waals surface area contributed by atoms with Gasteiger partial charge in [0.05, 0.1) is 5.69 Å². The summed E-state index contributed by atoms with van der Waals surface area (Å²) in [5.41, 5.74) is 1.81. The van der Waals surface area contributed by atoms with Gasteiger partial charge in [0.1, 0.15) is 0 Å². The smallest absolute Gasteiger partial charge is 0.259 e. The Hall–Kier alpha value is -3.52. The molecule has 0 saturated carbocycles. The molecular formula is C22H14F3NO. The third-order valence-electron chi connectivity index (χ3n) is 3.78. The van der Waals surface area contributed by atoms with Gasteiger partial charge in [-0.05, 0) is 35.4 Å². The number of hydrogen-bond acceptors (Lipinski definition) is 1. The maximum atomic E-state index is 13.4. The number of amides is 1. The Morgan fingerprint density at radius 2 is 1.26 bits per heavy atom. The predicted octanol–water partition coefficient (Wildman–Crippen LogP) is 5.26. The maximum Gasteiger partial charge on any atom is 0.492 e. The van der Waals surface area contributed by atoms with Crippen LogP contribution in [0.4, 0.5) is 18.9 Å². The van der Waals surface area contributed by atoms with Crippen LogP contribution in [0.1, 0.15) is 5.56 Å². The zero-order valence-electron chi connectivity index (χ0n) is 14.1. The van der Waals surface area contributed by atoms with Crippen molar-refractivity contribution in [1.82, 2.24) is 0 Å². The fourth-order valence-electron chi connectivity index (χ4n) is 2.52. The molecule has 0 heterocycles. The number of carbonyl (C=O) groups excluding carboxylic acids is 1. The molecule has 5 heteroatoms. The molecule has 3 aromatic carbocycles. The summed E-state index contributed by atoms with van der Waals surface area (Å²) in [5, 5.41) is 0. The van der Waals surface area contributed by atoms with Gasteiger partial charge in [-0.25, -0.2) is 4.90 Å². The van der Waals surface area contributed by atoms with Crippen LogP contribution in [0.5, 0.6) is 0 Å². The van der Waals surface area contributed by atoms with Crippen LogP contribution >= 0.6 is 0 Å². The van der Waals surface area contributed by atoms with Crippen molar-refractivity contribution in [3.63, 3.8) is 0 Å². The highest BCUT2D eigenvalue weighted by molar-refractivity contribution is 6.06. The molecule has 2 nitrogen and oxygen atoms in total. The maximum absolute atomic E-state index is 13.4. The first-order valence-electron chi connectivity index (χ1n) is 8.08. The van der Waals surface area contributed by atoms with Gasteiger partial charge < -0.3 is 0 Å². The van der Waals surface area contributed by atoms with Crippen LogP contribution in [-0.4, -0.2) is 12.2 Å². The molecule has 0 spiro atoms. The lowest BCUT2D eigenvalue weighted by atomic mass is 10.1. The van der Waals surface area contributed by atoms with Crippen molar-refractivity contribution in [3.8, 4) is 23.0 Å². The van der Waals surface area contributed by atoms with Crippen LogP contribution in [0, 0.1) is 11.8 Å². The minimum atomic E-state index is -4.88. The number of hydrogen-bond donors (Lipinski definition) is 0. The Morgan fingerprint density at radius 3 is 1.81 bits per heavy atom. The van der Waals surface area contributed by atoms with Crippen molar-refractivity contribution in [3.05, 3.63) is 90.5 Å². The van der Waals surface area contributed by atoms with Crippen molar-refractivity contribution in [2.75, 3.05) is 4.90 Å². The molecular weight excluding hydrogens is 351 g/mol. The van der Waals surface area contributed by atoms with E-state index >= 15 is 0 Å². The van der Waals surface area contributed by atoms with Crippen LogP contribution in [0.2, 0.25) is 0 Å². The van der Waals surface area contributed by atoms with Crippen molar-refractivity contribution in [1.29, 1.82) is 0 Å². The van der Waals surface area contributed by atoms with Crippen molar-refractivity contribution < 1.29 is 18.0 Å². The quantitative estimate of drug-likeness (QED) is 0.448. The second-order valence-electron chi connectivity index (χ2n) is 5.64. The fraction of sp³-hybridized carbons (Fsp3) is 0.0455. The molecule has 0 unspecified atom stereocenters. The Bertz CT molecular complexity index is 969. The number of anilines is 1. The summed E-state index contributed by atoms with van der Waals surface area (Å²) in [6.45, 7) is 0. The van der Waals surface area contributed by atoms with Gasteiger partial charge in [-0.2, -0.15) is 0 Å². The van der Waals surface area contributed by atoms with Gasteiger partial charge in [-0.15, -0.1) is 13.2 Å². The summed E-state index contributed by atoms with van der Waals surface area (Å²) >= 11 is 0. The van der Waals surface area contributed by atoms with Gasteiger partial charge in [0.2, 0.25) is 0 Å². The Balaban J connectivity index is 1.89. The highest BCUT2D eigenvalue weighted by Gasteiger charge is 2.41. The number of rotatable bonds is 2. The van der Waals surface area contributed by atoms with E-state index in [9.17, 15) is 18.0 Å². The van der Waals surface area contributed by atoms with Crippen molar-refractivity contribution >= 4 is 11.6 Å². The number of nitrogens with zero attached hydrogens (tertiary/aromatic N) is 1. The van der Waals surface area contributed by atoms with E-state index in [0.717, 1.165) is 11.1 Å². The molecule has 0 aromatic heterocycles. The molecule has 0 aliphatic carbocycles. The second-order valence-corrected chi connectivity index (χ2v) is 5.64. The first kappa shape index (κ1) is 18.3. The van der Waals surface area contributed by atoms with E-state index in [1.54, 1.807) is 42.5 Å². The number of benzene rings is 3. The van der Waals surface area contributed by atoms with Crippen LogP contribution in [0.3, 0.4) is 0 Å². The van der Waals surface area contributed by atoms with Crippen LogP contribution < -0.4 is 4.90 Å². The minimum absolute atomic E-state index is 0.252. The summed E-state index contributed by atoms with van der Waals surface area (Å²) in [6, 6.07) is 23.2. The van der Waals surface area contributed by atoms with Gasteiger partial charge in [-0.1, -0.05) is 66.6 Å². The monoisotopic (exact) mass is 365 g/mol. The molecule has 0 saturated heterocycles. The fourth-order valence-corrected chi connectivity index (χ4v) is 2.52. The van der Waals surface area contributed by atoms with Gasteiger partial charge >= 0.3 is 12.2 Å². The van der Waals surface area contributed by atoms with Crippen molar-refractivity contribution in [2.24, 2.45) is 0 Å². The lowest BCUT2D eigenvalue weighted by Crippen LogP contribution is -2.42. The molecule has 0 fully saturated rings. The van der Waals surface area contributed by atoms with Gasteiger partial charge in [0, 0.05) is 11.5 Å². The van der Waals surface area contributed by atoms with Crippen LogP contribution in [0.15, 0.2) is 84.9 Å². The molecule has 27 heavy (non-hydrogen) atoms. The highest BCUT2D eigenvalue weighted by atomic mass is 19.4. The lowest BCUT2D eigenvalue weighted by Gasteiger charge is -2.23. The van der Waals surface area contributed by atoms with E-state index in [0.29, 0.717) is 5.56 Å². The average molecular weight is 365 g/mol. The minimum Gasteiger partial charge on any atom is -0.259 e. The number of carbonyl (C=O) groups is 1. The molecule has 0 aliphatic heterocycles. The van der Waals surface area contributed by atoms with Crippen LogP contribution in [-0.2, 0) is 4.79 Å². The van der Waals surface area contributed by atoms with E-state index in [-0.39, 0.29) is 10.6 Å². The van der Waals surface area contributed by atoms with E-state index in [1.807, 2.05) is 30.3 Å². The third-order valence-corrected chi connectivity index (χ3v) is 3.78. The van der Waals surface area contributed by atoms with Gasteiger partial charge in [0.15, 0.2) is 0 Å². The average Bonchev–Trinajstić information content (AvgIpc) is 2.67. The summed E-state index contributed by atoms with van der Waals surface area (Å²) < 4.78 is 40.3. The van der Waals surface area contributed by atoms with Gasteiger partial charge in [-0.3, -0.25) is 4.79 Å². The molecule has 1 amide bonds. The molecule has 0 aliphatic rings. The first-order chi connectivity index (χ1) is 12.9. The first-order valence-corrected chi connectivity index (χ1v) is 8.08. The Labute approximate surface area is 154 Å². The predicted molar refractivity (Wildman–Crippen MR) is 98.7 cm³/mol. The Kier molecular flexibility index (Phi) is 5.28. The highest BCUT2D eigenvalue weighted by Crippen LogP contribution is 2.30. The van der Waals surface area contributed by atoms with Crippen LogP contribution in [0.25, 0.3) is 11.1 Å². The molecule has 3 rings (SSSR count). The summed E-state index contributed by atoms with van der Waals surface area (Å²) in [6.07, 6.45) is -4.88. The molecule has 0 atom stereocenters. The topological polar surface area (TPSA) is 20.3 Å². The normalized spacial score (nSPS) is 10.6. The SMILES string of the molecule is O=C(C#Cc1ccccc1)N(c1ccc(-c2ccccc2)cc1)C(F)(F)F. The van der Waals surface area contributed by atoms with Gasteiger partial charge in [0.25, 0.3) is 0 Å². The zero-order chi connectivity index (χ0) is 19.3. The van der Waals surface area contributed by atoms with E-state index in [4.69, 9.17) is 0 Å². The summed E-state index contributed by atoms with van der Waals surface area (Å²) in [5.74, 6) is 3.20. The van der Waals surface area contributed by atoms with Crippen molar-refractivity contribution in [2.45, 2.75) is 6.30 Å². The lowest BCUT2D eigenvalue weighted by molar-refractivity contribution is -0.146. The summed E-state index contributed by atoms with van der Waals surface area (Å²) in [4.78, 5) is 11.9. The Morgan fingerprint density at radius 1 is 0.741 bits per heavy atom. The zero-order valence-corrected chi connectivity index (χ0v) is 14.1. The summed E-state index contributed by atoms with van der Waals surface area (Å²) in [7, 11) is 0. The molecule has 0 radical (unpaired) electrons. The molecule has 134 valence electrons. The molecule has 0 N–H and O–H groups in total. The number of halogens is 3. The number of alkyl halides is 3. The van der Waals surface area contributed by atoms with E-state index in [2.05, 4.69) is 11.8 Å². The second kappa shape index (κ2) is 7.79. The molecule has 0 bridgehead atoms. The van der Waals surface area contributed by atoms with E-state index < -0.39 is 12.2 Å². The largest absolute Gasteiger partial charge is 0.492 e. The third kappa shape index (κ3) is 4.56. The molecule has 3 aromatic rings.